The Morgan fingerprint density at radius 1 is 0.491 bits per heavy atom. The second kappa shape index (κ2) is 33.1. The Labute approximate surface area is 651 Å². The van der Waals surface area contributed by atoms with Gasteiger partial charge in [-0.15, -0.1) is 0 Å². The third kappa shape index (κ3) is 17.5. The molecule has 0 radical (unpaired) electrons. The highest BCUT2D eigenvalue weighted by Crippen LogP contribution is 2.30. The largest absolute Gasteiger partial charge is 0.444 e. The molecule has 574 valence electrons. The van der Waals surface area contributed by atoms with Gasteiger partial charge < -0.3 is 41.0 Å². The van der Waals surface area contributed by atoms with Gasteiger partial charge in [0.2, 0.25) is 11.9 Å². The molecule has 112 heavy (non-hydrogen) atoms. The van der Waals surface area contributed by atoms with Crippen LogP contribution in [0.15, 0.2) is 166 Å². The second-order valence-corrected chi connectivity index (χ2v) is 30.8. The number of aromatic nitrogens is 12. The van der Waals surface area contributed by atoms with Gasteiger partial charge in [-0.25, -0.2) is 57.6 Å². The third-order valence-corrected chi connectivity index (χ3v) is 19.2. The smallest absolute Gasteiger partial charge is 0.410 e. The lowest BCUT2D eigenvalue weighted by molar-refractivity contribution is 0.0214. The van der Waals surface area contributed by atoms with E-state index in [1.54, 1.807) is 98.8 Å². The molecule has 0 saturated heterocycles. The number of nitrogens with one attached hydrogen (secondary N) is 3. The third-order valence-electron chi connectivity index (χ3n) is 18.6. The summed E-state index contributed by atoms with van der Waals surface area (Å²) in [6.45, 7) is 27.1. The molecule has 5 N–H and O–H groups in total. The Balaban J connectivity index is 0.000000144. The maximum Gasteiger partial charge on any atom is 0.410 e. The first-order valence-electron chi connectivity index (χ1n) is 36.9. The van der Waals surface area contributed by atoms with E-state index >= 15 is 0 Å². The van der Waals surface area contributed by atoms with Crippen LogP contribution in [-0.2, 0) is 48.4 Å². The van der Waals surface area contributed by atoms with Crippen molar-refractivity contribution in [3.05, 3.63) is 227 Å². The van der Waals surface area contributed by atoms with E-state index in [-0.39, 0.29) is 47.0 Å². The van der Waals surface area contributed by atoms with Gasteiger partial charge in [-0.05, 0) is 258 Å². The number of benzene rings is 6. The fraction of sp³-hybridized carbons (Fsp3) is 0.325. The fourth-order valence-corrected chi connectivity index (χ4v) is 13.7. The number of carbonyl (C=O) groups is 2. The van der Waals surface area contributed by atoms with Gasteiger partial charge in [0.25, 0.3) is 16.7 Å². The first-order valence-corrected chi connectivity index (χ1v) is 38.1. The number of amides is 2. The highest BCUT2D eigenvalue weighted by Gasteiger charge is 2.29. The zero-order valence-electron chi connectivity index (χ0n) is 64.9. The first-order chi connectivity index (χ1) is 53.5. The number of rotatable bonds is 11. The van der Waals surface area contributed by atoms with Gasteiger partial charge in [0.1, 0.15) is 27.4 Å². The molecule has 29 heteroatoms. The minimum atomic E-state index is -0.552. The van der Waals surface area contributed by atoms with E-state index in [9.17, 15) is 29.2 Å². The topological polar surface area (TPSA) is 351 Å². The van der Waals surface area contributed by atoms with E-state index in [0.717, 1.165) is 77.6 Å². The normalized spacial score (nSPS) is 13.1. The number of nitrogens with two attached hydrogens (primary N) is 1. The molecular weight excluding hydrogens is 1440 g/mol. The predicted octanol–water partition coefficient (Wildman–Crippen LogP) is 13.8. The minimum Gasteiger partial charge on any atom is -0.444 e. The predicted molar refractivity (Wildman–Crippen MR) is 433 cm³/mol. The number of anilines is 5. The van der Waals surface area contributed by atoms with Crippen LogP contribution in [0.4, 0.5) is 38.5 Å². The molecule has 0 aliphatic carbocycles. The van der Waals surface area contributed by atoms with Crippen LogP contribution in [0.25, 0.3) is 50.2 Å². The van der Waals surface area contributed by atoms with Crippen LogP contribution in [0.2, 0.25) is 0 Å². The van der Waals surface area contributed by atoms with Crippen LogP contribution in [0.1, 0.15) is 151 Å². The van der Waals surface area contributed by atoms with E-state index in [2.05, 4.69) is 66.2 Å². The summed E-state index contributed by atoms with van der Waals surface area (Å²) in [4.78, 5) is 94.0. The Morgan fingerprint density at radius 2 is 0.857 bits per heavy atom. The number of nitrogen functional groups attached to an aromatic ring is 1. The number of hydrogen-bond acceptors (Lipinski definition) is 21. The van der Waals surface area contributed by atoms with Crippen LogP contribution < -0.4 is 38.4 Å². The molecule has 3 aliphatic heterocycles. The standard InChI is InChI=1S/C29H31N7O3.C24H23N7O.C16H15N5OS.C14H20N2O2/c1-18(2)35-26(37)24-16-31-27(33-25(24)36(35)23-10-6-19(15-30)7-11-23)32-22-9-8-20-12-13-34(17-21(20)14-22)28(38)39-29(3,4)5;1-15(2)30-23(32)21-14-27-24(28-19-6-5-17-9-10-26-13-18(17)11-19)29-22(21)31(30)20-7-3-16(12-25)4-8-20;1-10(2)20-15(22)13-9-18-16(23-3)19-14(13)21(20)12-6-4-11(8-17)5-7-12;1-14(2,3)18-13(17)16-7-6-10-4-5-12(15)8-11(10)9-16/h6-11,14,16,18H,12-13,17H2,1-5H3,(H,31,32,33);3-8,11,14-15,26H,9-10,13H2,1-2H3,(H,27,28,29);4-7,9-10H,1-3H3;4-5,8H,6-7,9,15H2,1-3H3. The molecule has 3 aliphatic rings. The van der Waals surface area contributed by atoms with Gasteiger partial charge in [0.05, 0.1) is 52.0 Å². The lowest BCUT2D eigenvalue weighted by Gasteiger charge is -2.31. The summed E-state index contributed by atoms with van der Waals surface area (Å²) in [5.41, 5.74) is 19.4. The number of nitrogens with zero attached hydrogens (tertiary/aromatic N) is 17. The summed E-state index contributed by atoms with van der Waals surface area (Å²) in [7, 11) is 0. The Bertz CT molecular complexity index is 5860. The summed E-state index contributed by atoms with van der Waals surface area (Å²) in [5.74, 6) is 0.759. The van der Waals surface area contributed by atoms with Crippen LogP contribution in [0, 0.1) is 34.0 Å². The molecular formula is C83H89N21O7S. The van der Waals surface area contributed by atoms with E-state index in [1.807, 2.05) is 156 Å². The molecule has 6 aromatic carbocycles. The lowest BCUT2D eigenvalue weighted by Crippen LogP contribution is -2.39. The number of ether oxygens (including phenoxy) is 2. The van der Waals surface area contributed by atoms with Crippen molar-refractivity contribution in [2.45, 2.75) is 156 Å². The molecule has 15 rings (SSSR count). The lowest BCUT2D eigenvalue weighted by atomic mass is 9.99. The molecule has 9 heterocycles. The van der Waals surface area contributed by atoms with Crippen molar-refractivity contribution >= 4 is 86.0 Å². The van der Waals surface area contributed by atoms with E-state index in [4.69, 9.17) is 35.7 Å². The van der Waals surface area contributed by atoms with Crippen molar-refractivity contribution in [3.63, 3.8) is 0 Å². The Kier molecular flexibility index (Phi) is 23.3. The molecule has 28 nitrogen and oxygen atoms in total. The Hall–Kier alpha value is -12.9. The molecule has 12 aromatic rings. The maximum absolute atomic E-state index is 13.2. The van der Waals surface area contributed by atoms with Crippen molar-refractivity contribution in [2.24, 2.45) is 0 Å². The summed E-state index contributed by atoms with van der Waals surface area (Å²) in [5, 5.41) is 39.1. The van der Waals surface area contributed by atoms with Crippen LogP contribution in [-0.4, -0.2) is 117 Å². The molecule has 6 aromatic heterocycles. The Morgan fingerprint density at radius 3 is 1.24 bits per heavy atom. The number of thioether (sulfide) groups is 1. The van der Waals surface area contributed by atoms with E-state index < -0.39 is 11.2 Å². The van der Waals surface area contributed by atoms with Gasteiger partial charge in [-0.1, -0.05) is 30.0 Å². The molecule has 0 spiro atoms. The average molecular weight is 1520 g/mol. The summed E-state index contributed by atoms with van der Waals surface area (Å²) >= 11 is 1.43. The van der Waals surface area contributed by atoms with Gasteiger partial charge in [0, 0.05) is 86.5 Å². The number of fused-ring (bicyclic) bond motifs is 6. The molecule has 2 amide bonds. The van der Waals surface area contributed by atoms with E-state index in [1.165, 1.54) is 40.2 Å². The van der Waals surface area contributed by atoms with Gasteiger partial charge >= 0.3 is 12.2 Å². The quantitative estimate of drug-likeness (QED) is 0.0531. The van der Waals surface area contributed by atoms with Crippen molar-refractivity contribution < 1.29 is 19.1 Å². The molecule has 0 bridgehead atoms. The molecule has 0 atom stereocenters. The van der Waals surface area contributed by atoms with Gasteiger partial charge in [0.15, 0.2) is 22.1 Å². The van der Waals surface area contributed by atoms with E-state index in [0.29, 0.717) is 93.0 Å². The zero-order valence-corrected chi connectivity index (χ0v) is 65.7. The number of nitriles is 3. The minimum absolute atomic E-state index is 0.0370. The summed E-state index contributed by atoms with van der Waals surface area (Å²) < 4.78 is 21.2. The van der Waals surface area contributed by atoms with Crippen LogP contribution >= 0.6 is 11.8 Å². The molecule has 0 saturated carbocycles. The SMILES string of the molecule is CC(C)(C)OC(=O)N1CCc2ccc(N)cc2C1.CC(C)n1c(=O)c2cnc(Nc3ccc4c(c3)CN(C(=O)OC(C)(C)C)CC4)nc2n1-c1ccc(C#N)cc1.CC(C)n1c(=O)c2cnc(Nc3ccc4c(c3)CNCC4)nc2n1-c1ccc(C#N)cc1.CSc1ncc2c(=O)n(C(C)C)n(-c3ccc(C#N)cc3)c2n1. The van der Waals surface area contributed by atoms with Crippen LogP contribution in [0.5, 0.6) is 0 Å². The monoisotopic (exact) mass is 1520 g/mol. The van der Waals surface area contributed by atoms with Crippen LogP contribution in [0.3, 0.4) is 0 Å². The average Bonchev–Trinajstić information content (AvgIpc) is 1.61. The second-order valence-electron chi connectivity index (χ2n) is 30.1. The summed E-state index contributed by atoms with van der Waals surface area (Å²) in [6, 6.07) is 45.5. The van der Waals surface area contributed by atoms with Crippen molar-refractivity contribution in [1.82, 2.24) is 73.1 Å². The van der Waals surface area contributed by atoms with Gasteiger partial charge in [-0.2, -0.15) is 25.8 Å². The van der Waals surface area contributed by atoms with Crippen molar-refractivity contribution in [2.75, 3.05) is 42.3 Å². The summed E-state index contributed by atoms with van der Waals surface area (Å²) in [6.07, 6.45) is 8.64. The number of hydrogen-bond donors (Lipinski definition) is 4. The van der Waals surface area contributed by atoms with Gasteiger partial charge in [-0.3, -0.25) is 14.4 Å². The van der Waals surface area contributed by atoms with Crippen molar-refractivity contribution in [3.8, 4) is 35.3 Å². The number of carbonyl (C=O) groups excluding carboxylic acids is 2. The molecule has 0 unspecified atom stereocenters. The fourth-order valence-electron chi connectivity index (χ4n) is 13.4. The molecule has 0 fully saturated rings. The highest BCUT2D eigenvalue weighted by atomic mass is 32.2. The first kappa shape index (κ1) is 78.7. The van der Waals surface area contributed by atoms with Crippen molar-refractivity contribution in [1.29, 1.82) is 15.8 Å². The maximum atomic E-state index is 13.2. The highest BCUT2D eigenvalue weighted by molar-refractivity contribution is 7.98. The zero-order chi connectivity index (χ0) is 80.0.